The summed E-state index contributed by atoms with van der Waals surface area (Å²) >= 11 is 0. The zero-order chi connectivity index (χ0) is 12.4. The fourth-order valence-electron chi connectivity index (χ4n) is 1.94. The Kier molecular flexibility index (Phi) is 3.05. The van der Waals surface area contributed by atoms with E-state index in [-0.39, 0.29) is 0 Å². The topological polar surface area (TPSA) is 44.5 Å². The Morgan fingerprint density at radius 3 is 2.67 bits per heavy atom. The van der Waals surface area contributed by atoms with Crippen LogP contribution >= 0.6 is 0 Å². The highest BCUT2D eigenvalue weighted by atomic mass is 16.5. The second-order valence-electron chi connectivity index (χ2n) is 4.24. The molecule has 0 bridgehead atoms. The monoisotopic (exact) mass is 238 g/mol. The number of rotatable bonds is 3. The summed E-state index contributed by atoms with van der Waals surface area (Å²) in [4.78, 5) is 0. The maximum atomic E-state index is 5.79. The van der Waals surface area contributed by atoms with Crippen molar-refractivity contribution in [3.63, 3.8) is 0 Å². The van der Waals surface area contributed by atoms with Crippen molar-refractivity contribution in [2.24, 2.45) is 5.73 Å². The van der Waals surface area contributed by atoms with Crippen LogP contribution in [0, 0.1) is 0 Å². The predicted molar refractivity (Wildman–Crippen MR) is 71.0 cm³/mol. The van der Waals surface area contributed by atoms with E-state index in [1.54, 1.807) is 7.48 Å². The van der Waals surface area contributed by atoms with Gasteiger partial charge in [0.1, 0.15) is 11.5 Å². The molecule has 1 aliphatic heterocycles. The van der Waals surface area contributed by atoms with Crippen LogP contribution in [0.1, 0.15) is 11.1 Å². The van der Waals surface area contributed by atoms with Gasteiger partial charge in [0, 0.05) is 6.54 Å². The zero-order valence-electron chi connectivity index (χ0n) is 9.93. The molecule has 0 fully saturated rings. The average molecular weight is 238 g/mol. The number of hydrogen-bond donors (Lipinski definition) is 1. The van der Waals surface area contributed by atoms with E-state index < -0.39 is 0 Å². The third kappa shape index (κ3) is 2.25. The Morgan fingerprint density at radius 1 is 1.11 bits per heavy atom. The van der Waals surface area contributed by atoms with Gasteiger partial charge in [-0.2, -0.15) is 0 Å². The summed E-state index contributed by atoms with van der Waals surface area (Å²) < 4.78 is 11.0. The molecular weight excluding hydrogens is 225 g/mol. The van der Waals surface area contributed by atoms with Crippen LogP contribution in [0.4, 0.5) is 0 Å². The highest BCUT2D eigenvalue weighted by molar-refractivity contribution is 6.48. The summed E-state index contributed by atoms with van der Waals surface area (Å²) in [5.41, 5.74) is 8.94. The fraction of sp³-hybridized carbons (Fsp3) is 0.143. The van der Waals surface area contributed by atoms with Crippen LogP contribution in [0.3, 0.4) is 0 Å². The Labute approximate surface area is 107 Å². The van der Waals surface area contributed by atoms with E-state index in [2.05, 4.69) is 0 Å². The lowest BCUT2D eigenvalue weighted by Gasteiger charge is -2.07. The molecule has 0 aliphatic carbocycles. The number of ether oxygens (including phenoxy) is 1. The highest BCUT2D eigenvalue weighted by Crippen LogP contribution is 2.23. The maximum Gasteiger partial charge on any atom is 0.330 e. The van der Waals surface area contributed by atoms with Crippen LogP contribution in [0.15, 0.2) is 42.5 Å². The molecule has 1 aliphatic rings. The number of fused-ring (bicyclic) bond motifs is 1. The molecule has 0 aromatic heterocycles. The second kappa shape index (κ2) is 4.84. The zero-order valence-corrected chi connectivity index (χ0v) is 9.93. The lowest BCUT2D eigenvalue weighted by molar-refractivity contribution is 0.344. The number of hydrogen-bond acceptors (Lipinski definition) is 3. The normalized spacial score (nSPS) is 12.9. The van der Waals surface area contributed by atoms with Crippen molar-refractivity contribution in [3.8, 4) is 11.5 Å². The van der Waals surface area contributed by atoms with E-state index in [9.17, 15) is 0 Å². The first-order chi connectivity index (χ1) is 8.85. The Bertz CT molecular complexity index is 554. The first-order valence-corrected chi connectivity index (χ1v) is 5.90. The third-order valence-electron chi connectivity index (χ3n) is 2.96. The predicted octanol–water partition coefficient (Wildman–Crippen LogP) is 1.71. The van der Waals surface area contributed by atoms with E-state index in [1.807, 2.05) is 42.5 Å². The van der Waals surface area contributed by atoms with E-state index in [0.717, 1.165) is 28.1 Å². The van der Waals surface area contributed by atoms with E-state index >= 15 is 0 Å². The Hall–Kier alpha value is -1.78. The van der Waals surface area contributed by atoms with Gasteiger partial charge in [-0.05, 0) is 40.9 Å². The second-order valence-corrected chi connectivity index (χ2v) is 4.24. The highest BCUT2D eigenvalue weighted by Gasteiger charge is 2.13. The van der Waals surface area contributed by atoms with Gasteiger partial charge in [0.15, 0.2) is 0 Å². The molecule has 0 atom stereocenters. The number of benzene rings is 2. The molecule has 3 rings (SSSR count). The van der Waals surface area contributed by atoms with Crippen molar-refractivity contribution >= 4 is 12.9 Å². The van der Waals surface area contributed by atoms with Gasteiger partial charge in [-0.1, -0.05) is 18.2 Å². The maximum absolute atomic E-state index is 5.79. The lowest BCUT2D eigenvalue weighted by atomic mass is 9.87. The molecule has 1 radical (unpaired) electrons. The fourth-order valence-corrected chi connectivity index (χ4v) is 1.94. The summed E-state index contributed by atoms with van der Waals surface area (Å²) in [7, 11) is 1.77. The van der Waals surface area contributed by atoms with E-state index in [4.69, 9.17) is 15.1 Å². The minimum Gasteiger partial charge on any atom is -0.457 e. The Morgan fingerprint density at radius 2 is 1.89 bits per heavy atom. The molecule has 2 N–H and O–H groups in total. The molecule has 0 spiro atoms. The van der Waals surface area contributed by atoms with Gasteiger partial charge in [-0.15, -0.1) is 0 Å². The minimum atomic E-state index is 0.548. The first kappa shape index (κ1) is 11.3. The third-order valence-corrected chi connectivity index (χ3v) is 2.96. The molecule has 0 saturated carbocycles. The molecule has 89 valence electrons. The van der Waals surface area contributed by atoms with Crippen LogP contribution in [0.2, 0.25) is 0 Å². The van der Waals surface area contributed by atoms with Crippen molar-refractivity contribution in [2.75, 3.05) is 0 Å². The molecule has 0 saturated heterocycles. The first-order valence-electron chi connectivity index (χ1n) is 5.90. The van der Waals surface area contributed by atoms with Crippen molar-refractivity contribution < 1.29 is 9.39 Å². The SMILES string of the molecule is NCc1ccc(Oc2ccc3c(c2)CO[B]3)cc1. The molecule has 1 heterocycles. The van der Waals surface area contributed by atoms with E-state index in [0.29, 0.717) is 13.2 Å². The summed E-state index contributed by atoms with van der Waals surface area (Å²) in [6.45, 7) is 1.17. The smallest absolute Gasteiger partial charge is 0.330 e. The summed E-state index contributed by atoms with van der Waals surface area (Å²) in [5.74, 6) is 1.64. The van der Waals surface area contributed by atoms with Crippen molar-refractivity contribution in [3.05, 3.63) is 53.6 Å². The van der Waals surface area contributed by atoms with Gasteiger partial charge >= 0.3 is 7.48 Å². The van der Waals surface area contributed by atoms with Gasteiger partial charge in [0.05, 0.1) is 6.61 Å². The van der Waals surface area contributed by atoms with Crippen molar-refractivity contribution in [1.82, 2.24) is 0 Å². The van der Waals surface area contributed by atoms with Crippen LogP contribution in [0.25, 0.3) is 0 Å². The van der Waals surface area contributed by atoms with E-state index in [1.165, 1.54) is 0 Å². The van der Waals surface area contributed by atoms with Gasteiger partial charge in [-0.25, -0.2) is 0 Å². The molecular formula is C14H13BNO2. The molecule has 18 heavy (non-hydrogen) atoms. The van der Waals surface area contributed by atoms with Crippen molar-refractivity contribution in [1.29, 1.82) is 0 Å². The summed E-state index contributed by atoms with van der Waals surface area (Å²) in [6.07, 6.45) is 0. The largest absolute Gasteiger partial charge is 0.457 e. The van der Waals surface area contributed by atoms with Crippen molar-refractivity contribution in [2.45, 2.75) is 13.2 Å². The van der Waals surface area contributed by atoms with Crippen LogP contribution in [-0.2, 0) is 17.8 Å². The lowest BCUT2D eigenvalue weighted by Crippen LogP contribution is -2.10. The average Bonchev–Trinajstić information content (AvgIpc) is 2.87. The quantitative estimate of drug-likeness (QED) is 0.828. The van der Waals surface area contributed by atoms with Crippen LogP contribution in [0.5, 0.6) is 11.5 Å². The van der Waals surface area contributed by atoms with Crippen LogP contribution in [-0.4, -0.2) is 7.48 Å². The van der Waals surface area contributed by atoms with Crippen LogP contribution < -0.4 is 15.9 Å². The molecule has 3 nitrogen and oxygen atoms in total. The molecule has 4 heteroatoms. The van der Waals surface area contributed by atoms with Gasteiger partial charge in [0.2, 0.25) is 0 Å². The van der Waals surface area contributed by atoms with Gasteiger partial charge in [0.25, 0.3) is 0 Å². The standard InChI is InChI=1S/C14H13BNO2/c16-8-10-1-3-12(4-2-10)18-13-5-6-14-11(7-13)9-17-15-14/h1-7H,8-9,16H2. The molecule has 2 aromatic carbocycles. The summed E-state index contributed by atoms with van der Waals surface area (Å²) in [6, 6.07) is 13.8. The molecule has 2 aromatic rings. The number of nitrogens with two attached hydrogens (primary N) is 1. The van der Waals surface area contributed by atoms with Gasteiger partial charge < -0.3 is 15.1 Å². The molecule has 0 unspecified atom stereocenters. The Balaban J connectivity index is 1.79. The molecule has 0 amide bonds. The minimum absolute atomic E-state index is 0.548. The van der Waals surface area contributed by atoms with Gasteiger partial charge in [-0.3, -0.25) is 0 Å². The summed E-state index contributed by atoms with van der Waals surface area (Å²) in [5, 5.41) is 0.